The van der Waals surface area contributed by atoms with Gasteiger partial charge in [0.05, 0.1) is 0 Å². The summed E-state index contributed by atoms with van der Waals surface area (Å²) < 4.78 is 0. The SMILES string of the molecule is C=CCCSCC1CS1. The normalized spacial score (nSPS) is 23.8. The summed E-state index contributed by atoms with van der Waals surface area (Å²) in [6, 6.07) is 0. The Labute approximate surface area is 65.5 Å². The van der Waals surface area contributed by atoms with Gasteiger partial charge in [-0.2, -0.15) is 23.5 Å². The third-order valence-electron chi connectivity index (χ3n) is 1.17. The molecule has 0 aromatic heterocycles. The van der Waals surface area contributed by atoms with Crippen LogP contribution in [0.1, 0.15) is 6.42 Å². The summed E-state index contributed by atoms with van der Waals surface area (Å²) in [5, 5.41) is 1.000. The molecule has 0 saturated carbocycles. The molecule has 1 heterocycles. The Morgan fingerprint density at radius 1 is 1.78 bits per heavy atom. The zero-order chi connectivity index (χ0) is 6.53. The van der Waals surface area contributed by atoms with Crippen molar-refractivity contribution in [3.05, 3.63) is 12.7 Å². The van der Waals surface area contributed by atoms with Gasteiger partial charge < -0.3 is 0 Å². The van der Waals surface area contributed by atoms with E-state index in [0.717, 1.165) is 5.25 Å². The second-order valence-corrected chi connectivity index (χ2v) is 4.59. The Bertz CT molecular complexity index is 86.9. The van der Waals surface area contributed by atoms with Crippen molar-refractivity contribution < 1.29 is 0 Å². The van der Waals surface area contributed by atoms with Crippen molar-refractivity contribution in [2.75, 3.05) is 17.3 Å². The highest BCUT2D eigenvalue weighted by molar-refractivity contribution is 8.08. The standard InChI is InChI=1S/C7H12S2/c1-2-3-4-8-5-7-6-9-7/h2,7H,1,3-6H2. The molecule has 1 fully saturated rings. The highest BCUT2D eigenvalue weighted by Crippen LogP contribution is 2.32. The Hall–Kier alpha value is 0.440. The number of hydrogen-bond acceptors (Lipinski definition) is 2. The van der Waals surface area contributed by atoms with Gasteiger partial charge in [-0.3, -0.25) is 0 Å². The van der Waals surface area contributed by atoms with Gasteiger partial charge in [0.1, 0.15) is 0 Å². The highest BCUT2D eigenvalue weighted by Gasteiger charge is 2.21. The summed E-state index contributed by atoms with van der Waals surface area (Å²) in [5.74, 6) is 4.03. The Morgan fingerprint density at radius 2 is 2.56 bits per heavy atom. The van der Waals surface area contributed by atoms with E-state index in [9.17, 15) is 0 Å². The number of rotatable bonds is 5. The van der Waals surface area contributed by atoms with E-state index in [1.165, 1.54) is 23.7 Å². The molecular weight excluding hydrogens is 148 g/mol. The fourth-order valence-corrected chi connectivity index (χ4v) is 2.50. The number of allylic oxidation sites excluding steroid dienone is 1. The first-order chi connectivity index (χ1) is 4.43. The van der Waals surface area contributed by atoms with Gasteiger partial charge >= 0.3 is 0 Å². The summed E-state index contributed by atoms with van der Waals surface area (Å²) in [6.07, 6.45) is 3.16. The van der Waals surface area contributed by atoms with E-state index < -0.39 is 0 Å². The van der Waals surface area contributed by atoms with Crippen LogP contribution in [0.25, 0.3) is 0 Å². The van der Waals surface area contributed by atoms with Crippen molar-refractivity contribution in [3.63, 3.8) is 0 Å². The van der Waals surface area contributed by atoms with Gasteiger partial charge in [-0.05, 0) is 12.2 Å². The molecule has 0 bridgehead atoms. The van der Waals surface area contributed by atoms with Crippen LogP contribution in [-0.4, -0.2) is 22.5 Å². The molecule has 1 aliphatic heterocycles. The Balaban J connectivity index is 1.75. The van der Waals surface area contributed by atoms with Crippen LogP contribution in [0.15, 0.2) is 12.7 Å². The van der Waals surface area contributed by atoms with Crippen LogP contribution in [0.2, 0.25) is 0 Å². The third-order valence-corrected chi connectivity index (χ3v) is 3.52. The lowest BCUT2D eigenvalue weighted by molar-refractivity contribution is 1.22. The molecule has 0 aliphatic carbocycles. The average molecular weight is 160 g/mol. The summed E-state index contributed by atoms with van der Waals surface area (Å²) in [5.41, 5.74) is 0. The van der Waals surface area contributed by atoms with Gasteiger partial charge in [0.2, 0.25) is 0 Å². The van der Waals surface area contributed by atoms with Gasteiger partial charge in [0.15, 0.2) is 0 Å². The first-order valence-electron chi connectivity index (χ1n) is 3.23. The van der Waals surface area contributed by atoms with Crippen molar-refractivity contribution in [2.24, 2.45) is 0 Å². The minimum absolute atomic E-state index is 1.000. The van der Waals surface area contributed by atoms with E-state index in [4.69, 9.17) is 0 Å². The van der Waals surface area contributed by atoms with Crippen molar-refractivity contribution in [1.82, 2.24) is 0 Å². The van der Waals surface area contributed by atoms with Crippen molar-refractivity contribution in [2.45, 2.75) is 11.7 Å². The quantitative estimate of drug-likeness (QED) is 0.344. The smallest absolute Gasteiger partial charge is 0.0229 e. The van der Waals surface area contributed by atoms with Gasteiger partial charge in [-0.15, -0.1) is 6.58 Å². The predicted molar refractivity (Wildman–Crippen MR) is 48.4 cm³/mol. The summed E-state index contributed by atoms with van der Waals surface area (Å²) >= 11 is 4.14. The molecule has 1 rings (SSSR count). The molecule has 0 nitrogen and oxygen atoms in total. The predicted octanol–water partition coefficient (Wildman–Crippen LogP) is 2.41. The number of thioether (sulfide) groups is 2. The van der Waals surface area contributed by atoms with Gasteiger partial charge in [0.25, 0.3) is 0 Å². The molecule has 2 heteroatoms. The number of hydrogen-bond donors (Lipinski definition) is 0. The highest BCUT2D eigenvalue weighted by atomic mass is 32.2. The largest absolute Gasteiger partial charge is 0.160 e. The zero-order valence-electron chi connectivity index (χ0n) is 5.51. The lowest BCUT2D eigenvalue weighted by atomic mass is 10.5. The molecule has 1 saturated heterocycles. The monoisotopic (exact) mass is 160 g/mol. The zero-order valence-corrected chi connectivity index (χ0v) is 7.14. The fourth-order valence-electron chi connectivity index (χ4n) is 0.546. The van der Waals surface area contributed by atoms with Crippen LogP contribution >= 0.6 is 23.5 Å². The first kappa shape index (κ1) is 7.55. The molecule has 1 unspecified atom stereocenters. The van der Waals surface area contributed by atoms with E-state index in [1.807, 2.05) is 6.08 Å². The molecule has 1 atom stereocenters. The Kier molecular flexibility index (Phi) is 3.59. The van der Waals surface area contributed by atoms with Crippen LogP contribution < -0.4 is 0 Å². The van der Waals surface area contributed by atoms with Crippen molar-refractivity contribution in [3.8, 4) is 0 Å². The third kappa shape index (κ3) is 3.93. The van der Waals surface area contributed by atoms with E-state index in [1.54, 1.807) is 0 Å². The van der Waals surface area contributed by atoms with Gasteiger partial charge in [-0.25, -0.2) is 0 Å². The van der Waals surface area contributed by atoms with Crippen LogP contribution in [0.3, 0.4) is 0 Å². The molecule has 0 spiro atoms. The fraction of sp³-hybridized carbons (Fsp3) is 0.714. The molecule has 0 aromatic rings. The topological polar surface area (TPSA) is 0 Å². The van der Waals surface area contributed by atoms with E-state index in [2.05, 4.69) is 30.1 Å². The van der Waals surface area contributed by atoms with Crippen LogP contribution in [0.5, 0.6) is 0 Å². The first-order valence-corrected chi connectivity index (χ1v) is 5.44. The van der Waals surface area contributed by atoms with E-state index in [0.29, 0.717) is 0 Å². The van der Waals surface area contributed by atoms with Crippen LogP contribution in [-0.2, 0) is 0 Å². The molecule has 52 valence electrons. The van der Waals surface area contributed by atoms with Gasteiger partial charge in [0, 0.05) is 16.8 Å². The minimum atomic E-state index is 1.000. The van der Waals surface area contributed by atoms with Crippen LogP contribution in [0, 0.1) is 0 Å². The summed E-state index contributed by atoms with van der Waals surface area (Å²) in [6.45, 7) is 3.67. The summed E-state index contributed by atoms with van der Waals surface area (Å²) in [7, 11) is 0. The maximum Gasteiger partial charge on any atom is 0.0229 e. The lowest BCUT2D eigenvalue weighted by Crippen LogP contribution is -1.88. The molecule has 0 radical (unpaired) electrons. The second-order valence-electron chi connectivity index (χ2n) is 2.11. The minimum Gasteiger partial charge on any atom is -0.160 e. The maximum absolute atomic E-state index is 3.67. The van der Waals surface area contributed by atoms with Gasteiger partial charge in [-0.1, -0.05) is 6.08 Å². The second kappa shape index (κ2) is 4.29. The lowest BCUT2D eigenvalue weighted by Gasteiger charge is -1.93. The molecule has 0 N–H and O–H groups in total. The molecule has 0 aromatic carbocycles. The average Bonchev–Trinajstić information content (AvgIpc) is 2.63. The maximum atomic E-state index is 3.67. The molecule has 1 aliphatic rings. The van der Waals surface area contributed by atoms with Crippen LogP contribution in [0.4, 0.5) is 0 Å². The molecule has 0 amide bonds. The van der Waals surface area contributed by atoms with E-state index >= 15 is 0 Å². The Morgan fingerprint density at radius 3 is 3.11 bits per heavy atom. The van der Waals surface area contributed by atoms with E-state index in [-0.39, 0.29) is 0 Å². The summed E-state index contributed by atoms with van der Waals surface area (Å²) in [4.78, 5) is 0. The van der Waals surface area contributed by atoms with Crippen molar-refractivity contribution in [1.29, 1.82) is 0 Å². The molecular formula is C7H12S2. The van der Waals surface area contributed by atoms with Crippen molar-refractivity contribution >= 4 is 23.5 Å². The molecule has 9 heavy (non-hydrogen) atoms.